The molecule has 0 aromatic carbocycles. The number of rotatable bonds is 3. The van der Waals surface area contributed by atoms with Crippen molar-refractivity contribution in [2.45, 2.75) is 45.1 Å². The van der Waals surface area contributed by atoms with E-state index >= 15 is 0 Å². The van der Waals surface area contributed by atoms with E-state index in [9.17, 15) is 13.5 Å². The number of piperidine rings is 1. The van der Waals surface area contributed by atoms with Gasteiger partial charge in [-0.05, 0) is 36.1 Å². The molecule has 6 heteroatoms. The Hall–Kier alpha value is -0.430. The fourth-order valence-electron chi connectivity index (χ4n) is 2.40. The Morgan fingerprint density at radius 1 is 1.37 bits per heavy atom. The molecule has 1 fully saturated rings. The van der Waals surface area contributed by atoms with E-state index < -0.39 is 10.0 Å². The molecule has 2 heterocycles. The van der Waals surface area contributed by atoms with Crippen LogP contribution in [0, 0.1) is 12.3 Å². The van der Waals surface area contributed by atoms with Gasteiger partial charge in [0.25, 0.3) is 0 Å². The number of sulfonamides is 1. The van der Waals surface area contributed by atoms with Gasteiger partial charge in [0.05, 0.1) is 11.5 Å². The van der Waals surface area contributed by atoms with Crippen LogP contribution in [0.3, 0.4) is 0 Å². The summed E-state index contributed by atoms with van der Waals surface area (Å²) in [7, 11) is -3.46. The first kappa shape index (κ1) is 15.0. The van der Waals surface area contributed by atoms with Crippen LogP contribution in [0.4, 0.5) is 0 Å². The largest absolute Gasteiger partial charge is 0.391 e. The van der Waals surface area contributed by atoms with Crippen LogP contribution in [0.1, 0.15) is 37.1 Å². The first-order valence-electron chi connectivity index (χ1n) is 6.46. The number of aliphatic hydroxyl groups excluding tert-OH is 1. The summed E-state index contributed by atoms with van der Waals surface area (Å²) < 4.78 is 26.9. The van der Waals surface area contributed by atoms with E-state index in [1.165, 1.54) is 11.3 Å². The molecule has 108 valence electrons. The first-order valence-corrected chi connectivity index (χ1v) is 8.78. The Morgan fingerprint density at radius 2 is 1.95 bits per heavy atom. The van der Waals surface area contributed by atoms with Crippen LogP contribution in [-0.4, -0.2) is 30.9 Å². The summed E-state index contributed by atoms with van der Waals surface area (Å²) in [5, 5.41) is 11.1. The van der Waals surface area contributed by atoms with Crippen molar-refractivity contribution >= 4 is 21.4 Å². The lowest BCUT2D eigenvalue weighted by Gasteiger charge is -2.36. The van der Waals surface area contributed by atoms with Crippen molar-refractivity contribution in [3.05, 3.63) is 15.8 Å². The van der Waals surface area contributed by atoms with Gasteiger partial charge >= 0.3 is 0 Å². The molecule has 0 aliphatic carbocycles. The standard InChI is InChI=1S/C13H21NO3S2/c1-10-9-18-11(8-15)12(10)19(16,17)14-6-4-13(2,3)5-7-14/h9,15H,4-8H2,1-3H3. The number of nitrogens with zero attached hydrogens (tertiary/aromatic N) is 1. The van der Waals surface area contributed by atoms with Crippen LogP contribution in [0.25, 0.3) is 0 Å². The second-order valence-electron chi connectivity index (χ2n) is 5.90. The zero-order valence-corrected chi connectivity index (χ0v) is 13.3. The summed E-state index contributed by atoms with van der Waals surface area (Å²) in [5.74, 6) is 0. The molecule has 0 bridgehead atoms. The van der Waals surface area contributed by atoms with Gasteiger partial charge in [0.1, 0.15) is 4.90 Å². The highest BCUT2D eigenvalue weighted by molar-refractivity contribution is 7.89. The van der Waals surface area contributed by atoms with E-state index in [1.807, 2.05) is 0 Å². The Morgan fingerprint density at radius 3 is 2.47 bits per heavy atom. The summed E-state index contributed by atoms with van der Waals surface area (Å²) in [5.41, 5.74) is 0.953. The quantitative estimate of drug-likeness (QED) is 0.932. The minimum Gasteiger partial charge on any atom is -0.391 e. The number of hydrogen-bond acceptors (Lipinski definition) is 4. The topological polar surface area (TPSA) is 57.6 Å². The monoisotopic (exact) mass is 303 g/mol. The van der Waals surface area contributed by atoms with Gasteiger partial charge in [-0.2, -0.15) is 4.31 Å². The van der Waals surface area contributed by atoms with E-state index in [1.54, 1.807) is 16.6 Å². The normalized spacial score (nSPS) is 20.6. The molecule has 2 rings (SSSR count). The molecule has 0 radical (unpaired) electrons. The first-order chi connectivity index (χ1) is 8.78. The van der Waals surface area contributed by atoms with Crippen LogP contribution in [0.5, 0.6) is 0 Å². The van der Waals surface area contributed by atoms with Crippen LogP contribution >= 0.6 is 11.3 Å². The molecule has 0 atom stereocenters. The highest BCUT2D eigenvalue weighted by atomic mass is 32.2. The summed E-state index contributed by atoms with van der Waals surface area (Å²) in [6, 6.07) is 0. The maximum Gasteiger partial charge on any atom is 0.244 e. The molecule has 1 aliphatic rings. The molecule has 0 spiro atoms. The highest BCUT2D eigenvalue weighted by Crippen LogP contribution is 2.35. The fraction of sp³-hybridized carbons (Fsp3) is 0.692. The van der Waals surface area contributed by atoms with Gasteiger partial charge in [-0.1, -0.05) is 13.8 Å². The van der Waals surface area contributed by atoms with Gasteiger partial charge in [0.15, 0.2) is 0 Å². The summed E-state index contributed by atoms with van der Waals surface area (Å²) in [6.07, 6.45) is 1.76. The Labute approximate surface area is 119 Å². The molecule has 1 aliphatic heterocycles. The third kappa shape index (κ3) is 2.86. The van der Waals surface area contributed by atoms with Crippen LogP contribution < -0.4 is 0 Å². The predicted octanol–water partition coefficient (Wildman–Crippen LogP) is 2.36. The molecule has 1 aromatic rings. The lowest BCUT2D eigenvalue weighted by atomic mass is 9.83. The number of hydrogen-bond donors (Lipinski definition) is 1. The second kappa shape index (κ2) is 5.16. The van der Waals surface area contributed by atoms with Crippen molar-refractivity contribution in [2.75, 3.05) is 13.1 Å². The zero-order valence-electron chi connectivity index (χ0n) is 11.6. The van der Waals surface area contributed by atoms with Crippen molar-refractivity contribution in [2.24, 2.45) is 5.41 Å². The summed E-state index contributed by atoms with van der Waals surface area (Å²) in [4.78, 5) is 0.863. The number of aliphatic hydroxyl groups is 1. The van der Waals surface area contributed by atoms with Gasteiger partial charge in [0.2, 0.25) is 10.0 Å². The third-order valence-electron chi connectivity index (χ3n) is 3.81. The minimum atomic E-state index is -3.46. The average Bonchev–Trinajstić information content (AvgIpc) is 2.70. The number of aryl methyl sites for hydroxylation is 1. The number of thiophene rings is 1. The van der Waals surface area contributed by atoms with Gasteiger partial charge in [-0.25, -0.2) is 8.42 Å². The molecule has 1 saturated heterocycles. The lowest BCUT2D eigenvalue weighted by Crippen LogP contribution is -2.41. The lowest BCUT2D eigenvalue weighted by molar-refractivity contribution is 0.195. The van der Waals surface area contributed by atoms with Crippen molar-refractivity contribution in [3.63, 3.8) is 0 Å². The van der Waals surface area contributed by atoms with Crippen molar-refractivity contribution < 1.29 is 13.5 Å². The van der Waals surface area contributed by atoms with Crippen molar-refractivity contribution in [3.8, 4) is 0 Å². The SMILES string of the molecule is Cc1csc(CO)c1S(=O)(=O)N1CCC(C)(C)CC1. The highest BCUT2D eigenvalue weighted by Gasteiger charge is 2.35. The molecule has 19 heavy (non-hydrogen) atoms. The Bertz CT molecular complexity index is 550. The van der Waals surface area contributed by atoms with Crippen molar-refractivity contribution in [1.82, 2.24) is 4.31 Å². The molecule has 0 saturated carbocycles. The maximum atomic E-state index is 12.7. The average molecular weight is 303 g/mol. The van der Waals surface area contributed by atoms with E-state index in [2.05, 4.69) is 13.8 Å². The van der Waals surface area contributed by atoms with Crippen LogP contribution in [0.15, 0.2) is 10.3 Å². The smallest absolute Gasteiger partial charge is 0.244 e. The Kier molecular flexibility index (Phi) is 4.07. The minimum absolute atomic E-state index is 0.216. The van der Waals surface area contributed by atoms with Crippen LogP contribution in [-0.2, 0) is 16.6 Å². The molecular formula is C13H21NO3S2. The molecule has 1 N–H and O–H groups in total. The van der Waals surface area contributed by atoms with Gasteiger partial charge < -0.3 is 5.11 Å². The maximum absolute atomic E-state index is 12.7. The van der Waals surface area contributed by atoms with Gasteiger partial charge in [-0.15, -0.1) is 11.3 Å². The summed E-state index contributed by atoms with van der Waals surface area (Å²) in [6.45, 7) is 7.05. The molecular weight excluding hydrogens is 282 g/mol. The van der Waals surface area contributed by atoms with Crippen LogP contribution in [0.2, 0.25) is 0 Å². The van der Waals surface area contributed by atoms with E-state index in [-0.39, 0.29) is 12.0 Å². The van der Waals surface area contributed by atoms with Gasteiger partial charge in [-0.3, -0.25) is 0 Å². The molecule has 1 aromatic heterocycles. The fourth-order valence-corrected chi connectivity index (χ4v) is 5.46. The van der Waals surface area contributed by atoms with Gasteiger partial charge in [0, 0.05) is 13.1 Å². The van der Waals surface area contributed by atoms with E-state index in [0.29, 0.717) is 22.9 Å². The predicted molar refractivity (Wildman–Crippen MR) is 76.8 cm³/mol. The second-order valence-corrected chi connectivity index (χ2v) is 8.74. The molecule has 4 nitrogen and oxygen atoms in total. The molecule has 0 amide bonds. The molecule has 0 unspecified atom stereocenters. The van der Waals surface area contributed by atoms with E-state index in [4.69, 9.17) is 0 Å². The third-order valence-corrected chi connectivity index (χ3v) is 7.15. The Balaban J connectivity index is 2.31. The zero-order chi connectivity index (χ0) is 14.3. The van der Waals surface area contributed by atoms with E-state index in [0.717, 1.165) is 18.4 Å². The summed E-state index contributed by atoms with van der Waals surface area (Å²) >= 11 is 1.31. The van der Waals surface area contributed by atoms with Crippen molar-refractivity contribution in [1.29, 1.82) is 0 Å².